The van der Waals surface area contributed by atoms with Crippen molar-refractivity contribution in [3.05, 3.63) is 36.0 Å². The van der Waals surface area contributed by atoms with Crippen molar-refractivity contribution in [1.29, 1.82) is 0 Å². The molecule has 0 aromatic heterocycles. The summed E-state index contributed by atoms with van der Waals surface area (Å²) in [6.07, 6.45) is 2.35. The van der Waals surface area contributed by atoms with Crippen LogP contribution in [0.25, 0.3) is 0 Å². The monoisotopic (exact) mass is 526 g/mol. The van der Waals surface area contributed by atoms with Gasteiger partial charge in [-0.25, -0.2) is 9.59 Å². The topological polar surface area (TPSA) is 157 Å². The molecule has 4 heterocycles. The highest BCUT2D eigenvalue weighted by Crippen LogP contribution is 2.73. The Hall–Kier alpha value is -2.66. The van der Waals surface area contributed by atoms with E-state index in [2.05, 4.69) is 6.58 Å². The third-order valence-corrected chi connectivity index (χ3v) is 11.3. The van der Waals surface area contributed by atoms with Crippen LogP contribution in [-0.2, 0) is 33.4 Å². The minimum Gasteiger partial charge on any atom is -0.455 e. The molecule has 3 aliphatic carbocycles. The van der Waals surface area contributed by atoms with Crippen molar-refractivity contribution in [3.63, 3.8) is 0 Å². The summed E-state index contributed by atoms with van der Waals surface area (Å²) in [7, 11) is 0. The van der Waals surface area contributed by atoms with Crippen LogP contribution in [0.5, 0.6) is 0 Å². The second kappa shape index (κ2) is 6.55. The second-order valence-corrected chi connectivity index (χ2v) is 12.7. The van der Waals surface area contributed by atoms with Gasteiger partial charge in [0.15, 0.2) is 22.6 Å². The highest BCUT2D eigenvalue weighted by Gasteiger charge is 2.92. The van der Waals surface area contributed by atoms with Gasteiger partial charge in [0.2, 0.25) is 5.79 Å². The van der Waals surface area contributed by atoms with Gasteiger partial charge in [-0.05, 0) is 44.6 Å². The number of carbonyl (C=O) groups excluding carboxylic acids is 4. The molecular formula is C28H30O10. The average molecular weight is 527 g/mol. The van der Waals surface area contributed by atoms with Crippen molar-refractivity contribution in [2.24, 2.45) is 28.6 Å². The Morgan fingerprint density at radius 3 is 2.53 bits per heavy atom. The Bertz CT molecular complexity index is 1350. The molecule has 0 amide bonds. The third-order valence-electron chi connectivity index (χ3n) is 11.3. The number of aliphatic hydroxyl groups is 3. The quantitative estimate of drug-likeness (QED) is 0.299. The van der Waals surface area contributed by atoms with Gasteiger partial charge in [-0.1, -0.05) is 31.7 Å². The molecule has 5 fully saturated rings. The van der Waals surface area contributed by atoms with Crippen LogP contribution in [0.3, 0.4) is 0 Å². The maximum atomic E-state index is 14.6. The van der Waals surface area contributed by atoms with Crippen molar-refractivity contribution in [2.75, 3.05) is 0 Å². The summed E-state index contributed by atoms with van der Waals surface area (Å²) >= 11 is 0. The predicted octanol–water partition coefficient (Wildman–Crippen LogP) is 0.430. The van der Waals surface area contributed by atoms with E-state index in [4.69, 9.17) is 14.2 Å². The summed E-state index contributed by atoms with van der Waals surface area (Å²) in [5, 5.41) is 36.0. The number of allylic oxidation sites excluding steroid dienone is 3. The van der Waals surface area contributed by atoms with E-state index < -0.39 is 81.1 Å². The number of fused-ring (bicyclic) bond motifs is 9. The van der Waals surface area contributed by atoms with E-state index in [1.807, 2.05) is 0 Å². The second-order valence-electron chi connectivity index (χ2n) is 12.7. The van der Waals surface area contributed by atoms with Crippen molar-refractivity contribution >= 4 is 23.5 Å². The first-order valence-corrected chi connectivity index (χ1v) is 13.1. The molecule has 0 radical (unpaired) electrons. The fraction of sp³-hybridized carbons (Fsp3) is 0.643. The number of hydrogen-bond acceptors (Lipinski definition) is 10. The van der Waals surface area contributed by atoms with E-state index in [-0.39, 0.29) is 37.0 Å². The molecule has 0 aromatic rings. The van der Waals surface area contributed by atoms with E-state index in [0.29, 0.717) is 5.57 Å². The van der Waals surface area contributed by atoms with E-state index in [1.165, 1.54) is 13.0 Å². The largest absolute Gasteiger partial charge is 0.455 e. The van der Waals surface area contributed by atoms with Crippen LogP contribution in [0.2, 0.25) is 0 Å². The zero-order valence-electron chi connectivity index (χ0n) is 21.4. The number of esters is 2. The van der Waals surface area contributed by atoms with Gasteiger partial charge >= 0.3 is 11.9 Å². The van der Waals surface area contributed by atoms with E-state index >= 15 is 0 Å². The van der Waals surface area contributed by atoms with Crippen LogP contribution in [0.1, 0.15) is 46.5 Å². The van der Waals surface area contributed by atoms with Crippen LogP contribution in [0, 0.1) is 28.6 Å². The lowest BCUT2D eigenvalue weighted by Crippen LogP contribution is -2.77. The molecular weight excluding hydrogens is 496 g/mol. The standard InChI is InChI=1S/C28H30O10/c1-12-21(32)36-17-11-23(12,2)19-20(31)27(35)18-14(24(3)13(10-15(18)29)6-5-7-16(24)30)8-9-26(34)22(33)37-25(17,4)28(19,26)38-27/h5-6,10,14-15,17-19,29,34-35H,1,7-9,11H2,2-4H3. The number of hydrogen-bond donors (Lipinski definition) is 3. The van der Waals surface area contributed by atoms with Crippen LogP contribution in [0.4, 0.5) is 0 Å². The summed E-state index contributed by atoms with van der Waals surface area (Å²) in [5.74, 6) is -9.17. The molecule has 4 bridgehead atoms. The molecule has 11 atom stereocenters. The molecule has 1 spiro atoms. The molecule has 11 unspecified atom stereocenters. The normalized spacial score (nSPS) is 56.2. The minimum atomic E-state index is -2.71. The van der Waals surface area contributed by atoms with E-state index in [0.717, 1.165) is 0 Å². The zero-order chi connectivity index (χ0) is 27.4. The predicted molar refractivity (Wildman–Crippen MR) is 126 cm³/mol. The lowest BCUT2D eigenvalue weighted by atomic mass is 9.47. The van der Waals surface area contributed by atoms with Crippen molar-refractivity contribution < 1.29 is 48.7 Å². The number of carbonyl (C=O) groups is 4. The Balaban J connectivity index is 1.53. The van der Waals surface area contributed by atoms with Gasteiger partial charge in [-0.15, -0.1) is 0 Å². The smallest absolute Gasteiger partial charge is 0.342 e. The van der Waals surface area contributed by atoms with Crippen molar-refractivity contribution in [1.82, 2.24) is 0 Å². The Morgan fingerprint density at radius 2 is 1.82 bits per heavy atom. The molecule has 10 nitrogen and oxygen atoms in total. The van der Waals surface area contributed by atoms with Gasteiger partial charge < -0.3 is 29.5 Å². The Kier molecular flexibility index (Phi) is 4.20. The first-order chi connectivity index (χ1) is 17.6. The molecule has 7 rings (SSSR count). The van der Waals surface area contributed by atoms with Gasteiger partial charge in [0, 0.05) is 17.4 Å². The zero-order valence-corrected chi connectivity index (χ0v) is 21.4. The summed E-state index contributed by atoms with van der Waals surface area (Å²) in [5.41, 5.74) is -8.43. The Morgan fingerprint density at radius 1 is 1.11 bits per heavy atom. The number of rotatable bonds is 0. The van der Waals surface area contributed by atoms with Gasteiger partial charge in [0.05, 0.1) is 23.4 Å². The summed E-state index contributed by atoms with van der Waals surface area (Å²) in [6.45, 7) is 8.65. The highest BCUT2D eigenvalue weighted by molar-refractivity contribution is 6.01. The van der Waals surface area contributed by atoms with Crippen molar-refractivity contribution in [2.45, 2.75) is 81.3 Å². The van der Waals surface area contributed by atoms with Gasteiger partial charge in [-0.2, -0.15) is 0 Å². The third kappa shape index (κ3) is 2.15. The van der Waals surface area contributed by atoms with E-state index in [1.54, 1.807) is 26.0 Å². The lowest BCUT2D eigenvalue weighted by molar-refractivity contribution is -0.344. The van der Waals surface area contributed by atoms with Gasteiger partial charge in [0.1, 0.15) is 11.9 Å². The lowest BCUT2D eigenvalue weighted by Gasteiger charge is -2.60. The van der Waals surface area contributed by atoms with Crippen LogP contribution >= 0.6 is 0 Å². The van der Waals surface area contributed by atoms with Crippen LogP contribution in [-0.4, -0.2) is 73.6 Å². The Labute approximate surface area is 218 Å². The van der Waals surface area contributed by atoms with Crippen molar-refractivity contribution in [3.8, 4) is 0 Å². The number of Topliss-reactive ketones (excluding diaryl/α,β-unsaturated/α-hetero) is 2. The number of ether oxygens (including phenoxy) is 3. The molecule has 4 aliphatic heterocycles. The van der Waals surface area contributed by atoms with E-state index in [9.17, 15) is 34.5 Å². The minimum absolute atomic E-state index is 0.00631. The first kappa shape index (κ1) is 24.4. The maximum Gasteiger partial charge on any atom is 0.342 e. The molecule has 10 heteroatoms. The van der Waals surface area contributed by atoms with Crippen LogP contribution in [0.15, 0.2) is 36.0 Å². The van der Waals surface area contributed by atoms with Gasteiger partial charge in [0.25, 0.3) is 0 Å². The summed E-state index contributed by atoms with van der Waals surface area (Å²) in [4.78, 5) is 54.4. The number of aliphatic hydroxyl groups excluding tert-OH is 1. The molecule has 4 saturated heterocycles. The van der Waals surface area contributed by atoms with Gasteiger partial charge in [-0.3, -0.25) is 9.59 Å². The molecule has 7 aliphatic rings. The molecule has 202 valence electrons. The molecule has 38 heavy (non-hydrogen) atoms. The fourth-order valence-corrected chi connectivity index (χ4v) is 9.23. The molecule has 1 saturated carbocycles. The average Bonchev–Trinajstić information content (AvgIpc) is 3.19. The fourth-order valence-electron chi connectivity index (χ4n) is 9.23. The van der Waals surface area contributed by atoms with Crippen LogP contribution < -0.4 is 0 Å². The number of ketones is 2. The molecule has 3 N–H and O–H groups in total. The SMILES string of the molecule is C=C1C(=O)OC2CC1(C)C1C(=O)C3(O)OC14C(O)(CCC1C3C(O)C=C3C=CCC(=O)C31C)C(=O)OC24C. The highest BCUT2D eigenvalue weighted by atomic mass is 16.7. The summed E-state index contributed by atoms with van der Waals surface area (Å²) in [6, 6.07) is 0. The maximum absolute atomic E-state index is 14.6. The summed E-state index contributed by atoms with van der Waals surface area (Å²) < 4.78 is 17.8. The molecule has 0 aromatic carbocycles. The first-order valence-electron chi connectivity index (χ1n) is 13.1.